The quantitative estimate of drug-likeness (QED) is 0.573. The summed E-state index contributed by atoms with van der Waals surface area (Å²) >= 11 is 2.89. The predicted octanol–water partition coefficient (Wildman–Crippen LogP) is 4.62. The molecule has 2 aromatic rings. The van der Waals surface area contributed by atoms with E-state index in [4.69, 9.17) is 0 Å². The highest BCUT2D eigenvalue weighted by atomic mass is 32.2. The van der Waals surface area contributed by atoms with Gasteiger partial charge in [-0.15, -0.1) is 0 Å². The molecule has 2 heterocycles. The largest absolute Gasteiger partial charge is 0.359 e. The first kappa shape index (κ1) is 16.2. The summed E-state index contributed by atoms with van der Waals surface area (Å²) in [4.78, 5) is 28.0. The van der Waals surface area contributed by atoms with E-state index in [1.54, 1.807) is 0 Å². The van der Waals surface area contributed by atoms with Gasteiger partial charge in [0.1, 0.15) is 0 Å². The summed E-state index contributed by atoms with van der Waals surface area (Å²) in [5.41, 5.74) is 2.85. The summed E-state index contributed by atoms with van der Waals surface area (Å²) in [7, 11) is 0. The number of hydrogen-bond acceptors (Lipinski definition) is 5. The number of carbonyl (C=O) groups is 2. The van der Waals surface area contributed by atoms with Crippen molar-refractivity contribution in [1.82, 2.24) is 0 Å². The molecule has 0 bridgehead atoms. The van der Waals surface area contributed by atoms with E-state index >= 15 is 0 Å². The van der Waals surface area contributed by atoms with Gasteiger partial charge >= 0.3 is 0 Å². The number of nitrogens with zero attached hydrogens (tertiary/aromatic N) is 1. The van der Waals surface area contributed by atoms with Crippen molar-refractivity contribution in [1.29, 1.82) is 0 Å². The van der Waals surface area contributed by atoms with Gasteiger partial charge < -0.3 is 4.90 Å². The predicted molar refractivity (Wildman–Crippen MR) is 105 cm³/mol. The van der Waals surface area contributed by atoms with Crippen molar-refractivity contribution in [2.24, 2.45) is 0 Å². The minimum Gasteiger partial charge on any atom is -0.359 e. The maximum atomic E-state index is 13.1. The molecule has 3 nitrogen and oxygen atoms in total. The lowest BCUT2D eigenvalue weighted by atomic mass is 10.0. The van der Waals surface area contributed by atoms with E-state index in [1.807, 2.05) is 70.3 Å². The van der Waals surface area contributed by atoms with Gasteiger partial charge in [-0.1, -0.05) is 66.0 Å². The van der Waals surface area contributed by atoms with Crippen LogP contribution in [0.2, 0.25) is 0 Å². The average molecular weight is 365 g/mol. The lowest BCUT2D eigenvalue weighted by molar-refractivity contribution is -0.114. The Balaban J connectivity index is 1.78. The Morgan fingerprint density at radius 3 is 2.32 bits per heavy atom. The molecule has 124 valence electrons. The van der Waals surface area contributed by atoms with Crippen LogP contribution < -0.4 is 4.90 Å². The summed E-state index contributed by atoms with van der Waals surface area (Å²) in [6.07, 6.45) is 0. The summed E-state index contributed by atoms with van der Waals surface area (Å²) in [6.45, 7) is 0.801. The number of benzene rings is 2. The molecule has 4 rings (SSSR count). The van der Waals surface area contributed by atoms with Crippen molar-refractivity contribution in [3.05, 3.63) is 86.4 Å². The van der Waals surface area contributed by atoms with Gasteiger partial charge in [-0.2, -0.15) is 0 Å². The van der Waals surface area contributed by atoms with E-state index in [9.17, 15) is 9.59 Å². The van der Waals surface area contributed by atoms with Crippen LogP contribution in [-0.2, 0) is 11.3 Å². The molecule has 0 fully saturated rings. The number of Topliss-reactive ketones (excluding diaryl/α,β-unsaturated/α-hetero) is 2. The number of para-hydroxylation sites is 1. The fourth-order valence-corrected chi connectivity index (χ4v) is 4.91. The Morgan fingerprint density at radius 1 is 0.880 bits per heavy atom. The van der Waals surface area contributed by atoms with Crippen LogP contribution in [0.4, 0.5) is 5.69 Å². The molecule has 0 radical (unpaired) electrons. The van der Waals surface area contributed by atoms with Crippen molar-refractivity contribution in [2.45, 2.75) is 6.54 Å². The zero-order valence-electron chi connectivity index (χ0n) is 13.3. The highest BCUT2D eigenvalue weighted by Crippen LogP contribution is 2.42. The normalized spacial score (nSPS) is 17.0. The number of thioether (sulfide) groups is 2. The van der Waals surface area contributed by atoms with Crippen molar-refractivity contribution >= 4 is 40.8 Å². The van der Waals surface area contributed by atoms with Crippen LogP contribution in [0.15, 0.2) is 75.2 Å². The molecule has 0 saturated carbocycles. The van der Waals surface area contributed by atoms with Gasteiger partial charge in [0.25, 0.3) is 0 Å². The first-order valence-electron chi connectivity index (χ1n) is 7.92. The van der Waals surface area contributed by atoms with Crippen LogP contribution in [-0.4, -0.2) is 18.1 Å². The monoisotopic (exact) mass is 365 g/mol. The van der Waals surface area contributed by atoms with Crippen LogP contribution >= 0.6 is 23.5 Å². The van der Waals surface area contributed by atoms with Gasteiger partial charge in [0.2, 0.25) is 0 Å². The molecule has 0 aliphatic carbocycles. The van der Waals surface area contributed by atoms with E-state index in [2.05, 4.69) is 0 Å². The standard InChI is InChI=1S/C20H15NO2S2/c22-17-13-21(12-14-6-2-1-3-7-14)16-9-5-4-8-15(16)19(23)18(17)20-24-10-11-25-20/h1-11H,12-13H2. The number of ketones is 2. The topological polar surface area (TPSA) is 37.4 Å². The van der Waals surface area contributed by atoms with Crippen LogP contribution in [0.25, 0.3) is 0 Å². The van der Waals surface area contributed by atoms with Crippen molar-refractivity contribution in [3.63, 3.8) is 0 Å². The number of fused-ring (bicyclic) bond motifs is 1. The Morgan fingerprint density at radius 2 is 1.56 bits per heavy atom. The minimum absolute atomic E-state index is 0.115. The molecular formula is C20H15NO2S2. The minimum atomic E-state index is -0.171. The van der Waals surface area contributed by atoms with Crippen LogP contribution in [0, 0.1) is 0 Å². The van der Waals surface area contributed by atoms with Crippen LogP contribution in [0.5, 0.6) is 0 Å². The van der Waals surface area contributed by atoms with Crippen molar-refractivity contribution in [2.75, 3.05) is 11.4 Å². The second-order valence-corrected chi connectivity index (χ2v) is 7.87. The third-order valence-corrected chi connectivity index (χ3v) is 6.29. The molecule has 2 aromatic carbocycles. The molecule has 5 heteroatoms. The lowest BCUT2D eigenvalue weighted by Gasteiger charge is -2.23. The number of anilines is 1. The van der Waals surface area contributed by atoms with Crippen LogP contribution in [0.1, 0.15) is 15.9 Å². The SMILES string of the molecule is O=C1CN(Cc2ccccc2)c2ccccc2C(=O)C1=C1SC=CS1. The maximum absolute atomic E-state index is 13.1. The van der Waals surface area contributed by atoms with Gasteiger partial charge in [0.05, 0.1) is 16.4 Å². The molecule has 0 spiro atoms. The van der Waals surface area contributed by atoms with E-state index in [0.717, 1.165) is 15.5 Å². The second kappa shape index (κ2) is 6.94. The molecule has 0 saturated heterocycles. The maximum Gasteiger partial charge on any atom is 0.200 e. The first-order chi connectivity index (χ1) is 12.2. The zero-order valence-corrected chi connectivity index (χ0v) is 15.0. The molecule has 0 N–H and O–H groups in total. The zero-order chi connectivity index (χ0) is 17.2. The summed E-state index contributed by atoms with van der Waals surface area (Å²) in [6, 6.07) is 17.5. The molecule has 0 amide bonds. The van der Waals surface area contributed by atoms with Gasteiger partial charge in [-0.3, -0.25) is 9.59 Å². The summed E-state index contributed by atoms with van der Waals surface area (Å²) in [5, 5.41) is 3.82. The molecular weight excluding hydrogens is 350 g/mol. The Kier molecular flexibility index (Phi) is 4.51. The number of carbonyl (C=O) groups excluding carboxylic acids is 2. The average Bonchev–Trinajstić information content (AvgIpc) is 3.13. The Labute approximate surface area is 154 Å². The van der Waals surface area contributed by atoms with E-state index in [0.29, 0.717) is 17.7 Å². The Hall–Kier alpha value is -2.24. The van der Waals surface area contributed by atoms with E-state index in [1.165, 1.54) is 23.5 Å². The van der Waals surface area contributed by atoms with Gasteiger partial charge in [0.15, 0.2) is 11.6 Å². The fourth-order valence-electron chi connectivity index (χ4n) is 3.02. The van der Waals surface area contributed by atoms with Crippen LogP contribution in [0.3, 0.4) is 0 Å². The molecule has 0 unspecified atom stereocenters. The molecule has 0 atom stereocenters. The molecule has 2 aliphatic heterocycles. The summed E-state index contributed by atoms with van der Waals surface area (Å²) < 4.78 is 0.784. The highest BCUT2D eigenvalue weighted by Gasteiger charge is 2.33. The fraction of sp³-hybridized carbons (Fsp3) is 0.100. The number of hydrogen-bond donors (Lipinski definition) is 0. The van der Waals surface area contributed by atoms with Gasteiger partial charge in [-0.05, 0) is 28.5 Å². The smallest absolute Gasteiger partial charge is 0.200 e. The van der Waals surface area contributed by atoms with E-state index in [-0.39, 0.29) is 18.1 Å². The first-order valence-corrected chi connectivity index (χ1v) is 9.68. The lowest BCUT2D eigenvalue weighted by Crippen LogP contribution is -2.29. The molecule has 0 aromatic heterocycles. The number of rotatable bonds is 2. The van der Waals surface area contributed by atoms with Gasteiger partial charge in [-0.25, -0.2) is 0 Å². The third-order valence-electron chi connectivity index (χ3n) is 4.16. The van der Waals surface area contributed by atoms with E-state index < -0.39 is 0 Å². The molecule has 25 heavy (non-hydrogen) atoms. The highest BCUT2D eigenvalue weighted by molar-refractivity contribution is 8.27. The van der Waals surface area contributed by atoms with Gasteiger partial charge in [0, 0.05) is 17.8 Å². The second-order valence-electron chi connectivity index (χ2n) is 5.78. The molecule has 2 aliphatic rings. The van der Waals surface area contributed by atoms with Crippen molar-refractivity contribution < 1.29 is 9.59 Å². The third kappa shape index (κ3) is 3.17. The summed E-state index contributed by atoms with van der Waals surface area (Å²) in [5.74, 6) is -0.286. The Bertz CT molecular complexity index is 893. The van der Waals surface area contributed by atoms with Crippen molar-refractivity contribution in [3.8, 4) is 0 Å².